The molecule has 1 N–H and O–H groups in total. The van der Waals surface area contributed by atoms with Gasteiger partial charge in [0.25, 0.3) is 0 Å². The molecule has 0 amide bonds. The first-order valence-corrected chi connectivity index (χ1v) is 5.91. The van der Waals surface area contributed by atoms with Crippen LogP contribution in [0.25, 0.3) is 0 Å². The van der Waals surface area contributed by atoms with Crippen LogP contribution < -0.4 is 5.32 Å². The van der Waals surface area contributed by atoms with E-state index in [1.54, 1.807) is 6.20 Å². The van der Waals surface area contributed by atoms with Crippen molar-refractivity contribution in [2.45, 2.75) is 59.0 Å². The van der Waals surface area contributed by atoms with E-state index in [1.165, 1.54) is 25.7 Å². The monoisotopic (exact) mass is 210 g/mol. The van der Waals surface area contributed by atoms with Crippen molar-refractivity contribution in [1.29, 1.82) is 0 Å². The zero-order chi connectivity index (χ0) is 11.1. The highest BCUT2D eigenvalue weighted by Crippen LogP contribution is 2.07. The molecule has 15 heavy (non-hydrogen) atoms. The molecule has 0 radical (unpaired) electrons. The Hall–Kier alpha value is -0.830. The third-order valence-electron chi connectivity index (χ3n) is 2.49. The van der Waals surface area contributed by atoms with Gasteiger partial charge in [-0.15, -0.1) is 0 Å². The van der Waals surface area contributed by atoms with Crippen molar-refractivity contribution in [3.63, 3.8) is 0 Å². The minimum atomic E-state index is 0.604. The molecule has 0 spiro atoms. The summed E-state index contributed by atoms with van der Waals surface area (Å²) >= 11 is 0. The first-order valence-electron chi connectivity index (χ1n) is 5.91. The van der Waals surface area contributed by atoms with Crippen molar-refractivity contribution in [2.24, 2.45) is 0 Å². The summed E-state index contributed by atoms with van der Waals surface area (Å²) in [4.78, 5) is 4.18. The van der Waals surface area contributed by atoms with Crippen LogP contribution in [-0.2, 0) is 6.54 Å². The summed E-state index contributed by atoms with van der Waals surface area (Å²) < 4.78 is 5.42. The summed E-state index contributed by atoms with van der Waals surface area (Å²) in [5.41, 5.74) is 0. The molecular weight excluding hydrogens is 188 g/mol. The third kappa shape index (κ3) is 4.47. The van der Waals surface area contributed by atoms with E-state index < -0.39 is 0 Å². The number of nitrogens with zero attached hydrogens (tertiary/aromatic N) is 1. The quantitative estimate of drug-likeness (QED) is 0.751. The van der Waals surface area contributed by atoms with E-state index in [2.05, 4.69) is 24.1 Å². The number of hydrogen-bond acceptors (Lipinski definition) is 3. The maximum Gasteiger partial charge on any atom is 0.208 e. The van der Waals surface area contributed by atoms with Gasteiger partial charge in [0.1, 0.15) is 5.76 Å². The van der Waals surface area contributed by atoms with Gasteiger partial charge in [0.05, 0.1) is 12.7 Å². The predicted molar refractivity (Wildman–Crippen MR) is 61.7 cm³/mol. The van der Waals surface area contributed by atoms with Gasteiger partial charge in [-0.3, -0.25) is 0 Å². The average Bonchev–Trinajstić information content (AvgIpc) is 2.61. The first kappa shape index (κ1) is 12.2. The summed E-state index contributed by atoms with van der Waals surface area (Å²) in [5.74, 6) is 1.68. The lowest BCUT2D eigenvalue weighted by atomic mass is 10.1. The van der Waals surface area contributed by atoms with Crippen molar-refractivity contribution in [3.8, 4) is 0 Å². The number of aryl methyl sites for hydroxylation is 1. The van der Waals surface area contributed by atoms with Gasteiger partial charge in [0.15, 0.2) is 0 Å². The summed E-state index contributed by atoms with van der Waals surface area (Å²) in [7, 11) is 0. The second-order valence-corrected chi connectivity index (χ2v) is 4.02. The molecule has 0 atom stereocenters. The van der Waals surface area contributed by atoms with Gasteiger partial charge in [0.2, 0.25) is 5.89 Å². The molecular formula is C12H22N2O. The van der Waals surface area contributed by atoms with Crippen LogP contribution in [0.1, 0.15) is 51.2 Å². The van der Waals surface area contributed by atoms with Crippen LogP contribution in [0.3, 0.4) is 0 Å². The number of nitrogens with one attached hydrogen (secondary N) is 1. The van der Waals surface area contributed by atoms with Gasteiger partial charge in [-0.2, -0.15) is 0 Å². The lowest BCUT2D eigenvalue weighted by Gasteiger charge is -2.15. The van der Waals surface area contributed by atoms with E-state index in [1.807, 2.05) is 6.92 Å². The molecule has 3 heteroatoms. The fourth-order valence-corrected chi connectivity index (χ4v) is 1.76. The molecule has 1 aromatic heterocycles. The van der Waals surface area contributed by atoms with Crippen molar-refractivity contribution < 1.29 is 4.42 Å². The van der Waals surface area contributed by atoms with Crippen LogP contribution in [0.5, 0.6) is 0 Å². The van der Waals surface area contributed by atoms with E-state index >= 15 is 0 Å². The SMILES string of the molecule is CCCC(CCC)NCc1ncc(C)o1. The van der Waals surface area contributed by atoms with Crippen molar-refractivity contribution in [3.05, 3.63) is 17.8 Å². The normalized spacial score (nSPS) is 11.2. The molecule has 1 aromatic rings. The number of oxazole rings is 1. The van der Waals surface area contributed by atoms with E-state index in [9.17, 15) is 0 Å². The van der Waals surface area contributed by atoms with Gasteiger partial charge < -0.3 is 9.73 Å². The fraction of sp³-hybridized carbons (Fsp3) is 0.750. The molecule has 0 fully saturated rings. The van der Waals surface area contributed by atoms with Crippen LogP contribution in [0.2, 0.25) is 0 Å². The van der Waals surface area contributed by atoms with Crippen LogP contribution in [-0.4, -0.2) is 11.0 Å². The zero-order valence-corrected chi connectivity index (χ0v) is 10.0. The van der Waals surface area contributed by atoms with Gasteiger partial charge in [0, 0.05) is 6.04 Å². The van der Waals surface area contributed by atoms with Gasteiger partial charge in [-0.25, -0.2) is 4.98 Å². The standard InChI is InChI=1S/C12H22N2O/c1-4-6-11(7-5-2)13-9-12-14-8-10(3)15-12/h8,11,13H,4-7,9H2,1-3H3. The summed E-state index contributed by atoms with van der Waals surface area (Å²) in [6, 6.07) is 0.604. The molecule has 0 aliphatic carbocycles. The minimum absolute atomic E-state index is 0.604. The largest absolute Gasteiger partial charge is 0.445 e. The summed E-state index contributed by atoms with van der Waals surface area (Å²) in [6.45, 7) is 7.11. The van der Waals surface area contributed by atoms with E-state index in [-0.39, 0.29) is 0 Å². The van der Waals surface area contributed by atoms with Gasteiger partial charge >= 0.3 is 0 Å². The molecule has 0 aliphatic rings. The number of aromatic nitrogens is 1. The summed E-state index contributed by atoms with van der Waals surface area (Å²) in [6.07, 6.45) is 6.68. The molecule has 0 unspecified atom stereocenters. The van der Waals surface area contributed by atoms with Crippen molar-refractivity contribution >= 4 is 0 Å². The highest BCUT2D eigenvalue weighted by molar-refractivity contribution is 4.90. The lowest BCUT2D eigenvalue weighted by Crippen LogP contribution is -2.28. The zero-order valence-electron chi connectivity index (χ0n) is 10.0. The topological polar surface area (TPSA) is 38.1 Å². The van der Waals surface area contributed by atoms with Crippen LogP contribution in [0.15, 0.2) is 10.6 Å². The Balaban J connectivity index is 2.32. The maximum absolute atomic E-state index is 5.42. The second kappa shape index (κ2) is 6.62. The van der Waals surface area contributed by atoms with E-state index in [0.29, 0.717) is 6.04 Å². The molecule has 0 aliphatic heterocycles. The van der Waals surface area contributed by atoms with Gasteiger partial charge in [-0.1, -0.05) is 26.7 Å². The van der Waals surface area contributed by atoms with Crippen molar-refractivity contribution in [2.75, 3.05) is 0 Å². The number of rotatable bonds is 7. The smallest absolute Gasteiger partial charge is 0.208 e. The minimum Gasteiger partial charge on any atom is -0.445 e. The molecule has 0 bridgehead atoms. The molecule has 0 saturated heterocycles. The fourth-order valence-electron chi connectivity index (χ4n) is 1.76. The van der Waals surface area contributed by atoms with Crippen LogP contribution in [0, 0.1) is 6.92 Å². The molecule has 1 rings (SSSR count). The second-order valence-electron chi connectivity index (χ2n) is 4.02. The van der Waals surface area contributed by atoms with Crippen molar-refractivity contribution in [1.82, 2.24) is 10.3 Å². The predicted octanol–water partition coefficient (Wildman–Crippen LogP) is 3.04. The Labute approximate surface area is 92.3 Å². The molecule has 3 nitrogen and oxygen atoms in total. The summed E-state index contributed by atoms with van der Waals surface area (Å²) in [5, 5.41) is 3.49. The molecule has 0 aromatic carbocycles. The Kier molecular flexibility index (Phi) is 5.40. The Bertz CT molecular complexity index is 264. The maximum atomic E-state index is 5.42. The highest BCUT2D eigenvalue weighted by atomic mass is 16.4. The molecule has 86 valence electrons. The Morgan fingerprint density at radius 2 is 2.00 bits per heavy atom. The molecule has 1 heterocycles. The van der Waals surface area contributed by atoms with Crippen LogP contribution >= 0.6 is 0 Å². The first-order chi connectivity index (χ1) is 7.26. The molecule has 0 saturated carbocycles. The van der Waals surface area contributed by atoms with Gasteiger partial charge in [-0.05, 0) is 19.8 Å². The number of hydrogen-bond donors (Lipinski definition) is 1. The third-order valence-corrected chi connectivity index (χ3v) is 2.49. The Morgan fingerprint density at radius 3 is 2.47 bits per heavy atom. The average molecular weight is 210 g/mol. The lowest BCUT2D eigenvalue weighted by molar-refractivity contribution is 0.393. The Morgan fingerprint density at radius 1 is 1.33 bits per heavy atom. The highest BCUT2D eigenvalue weighted by Gasteiger charge is 2.07. The van der Waals surface area contributed by atoms with E-state index in [0.717, 1.165) is 18.2 Å². The van der Waals surface area contributed by atoms with E-state index in [4.69, 9.17) is 4.42 Å². The van der Waals surface area contributed by atoms with Crippen LogP contribution in [0.4, 0.5) is 0 Å².